The summed E-state index contributed by atoms with van der Waals surface area (Å²) in [6.07, 6.45) is 0. The number of hydrogen-bond donors (Lipinski definition) is 1. The van der Waals surface area contributed by atoms with E-state index in [0.717, 1.165) is 6.07 Å². The molecule has 0 radical (unpaired) electrons. The van der Waals surface area contributed by atoms with Gasteiger partial charge in [-0.1, -0.05) is 23.2 Å². The summed E-state index contributed by atoms with van der Waals surface area (Å²) in [4.78, 5) is -0.00564. The maximum Gasteiger partial charge on any atom is 0.241 e. The van der Waals surface area contributed by atoms with Crippen LogP contribution in [-0.2, 0) is 10.0 Å². The van der Waals surface area contributed by atoms with E-state index in [4.69, 9.17) is 28.5 Å². The van der Waals surface area contributed by atoms with Crippen LogP contribution >= 0.6 is 23.2 Å². The number of nitrogens with one attached hydrogen (secondary N) is 1. The highest BCUT2D eigenvalue weighted by atomic mass is 35.5. The minimum atomic E-state index is -3.85. The van der Waals surface area contributed by atoms with E-state index >= 15 is 0 Å². The Hall–Kier alpha value is -1.65. The molecule has 0 aliphatic heterocycles. The maximum atomic E-state index is 13.6. The van der Waals surface area contributed by atoms with Gasteiger partial charge in [-0.15, -0.1) is 0 Å². The molecule has 2 aromatic carbocycles. The third-order valence-electron chi connectivity index (χ3n) is 3.13. The zero-order valence-electron chi connectivity index (χ0n) is 11.8. The number of benzene rings is 2. The van der Waals surface area contributed by atoms with Crippen LogP contribution in [-0.4, -0.2) is 8.42 Å². The molecule has 0 saturated heterocycles. The fourth-order valence-corrected chi connectivity index (χ4v) is 3.71. The van der Waals surface area contributed by atoms with E-state index in [1.165, 1.54) is 37.3 Å². The van der Waals surface area contributed by atoms with Crippen molar-refractivity contribution >= 4 is 33.2 Å². The lowest BCUT2D eigenvalue weighted by atomic mass is 10.1. The first-order chi connectivity index (χ1) is 10.7. The van der Waals surface area contributed by atoms with E-state index in [2.05, 4.69) is 4.72 Å². The first-order valence-electron chi connectivity index (χ1n) is 6.41. The monoisotopic (exact) mass is 372 g/mol. The highest BCUT2D eigenvalue weighted by Crippen LogP contribution is 2.29. The van der Waals surface area contributed by atoms with Gasteiger partial charge in [0.05, 0.1) is 21.6 Å². The van der Waals surface area contributed by atoms with Gasteiger partial charge in [0.15, 0.2) is 0 Å². The highest BCUT2D eigenvalue weighted by molar-refractivity contribution is 7.89. The van der Waals surface area contributed by atoms with Gasteiger partial charge in [0.2, 0.25) is 10.0 Å². The average Bonchev–Trinajstić information content (AvgIpc) is 2.50. The van der Waals surface area contributed by atoms with Gasteiger partial charge in [-0.3, -0.25) is 0 Å². The fourth-order valence-electron chi connectivity index (χ4n) is 1.94. The third kappa shape index (κ3) is 4.01. The van der Waals surface area contributed by atoms with Crippen molar-refractivity contribution in [3.8, 4) is 6.07 Å². The molecule has 0 unspecified atom stereocenters. The zero-order chi connectivity index (χ0) is 17.2. The normalized spacial score (nSPS) is 12.7. The summed E-state index contributed by atoms with van der Waals surface area (Å²) in [5, 5.41) is 8.75. The lowest BCUT2D eigenvalue weighted by Gasteiger charge is -2.16. The predicted octanol–water partition coefficient (Wildman–Crippen LogP) is 4.04. The van der Waals surface area contributed by atoms with Gasteiger partial charge in [0, 0.05) is 11.1 Å². The molecule has 8 heteroatoms. The van der Waals surface area contributed by atoms with Crippen LogP contribution in [0.3, 0.4) is 0 Å². The second kappa shape index (κ2) is 6.85. The Labute approximate surface area is 143 Å². The van der Waals surface area contributed by atoms with Crippen molar-refractivity contribution in [1.82, 2.24) is 4.72 Å². The Balaban J connectivity index is 2.29. The van der Waals surface area contributed by atoms with Crippen molar-refractivity contribution < 1.29 is 12.8 Å². The molecular weight excluding hydrogens is 362 g/mol. The van der Waals surface area contributed by atoms with Crippen molar-refractivity contribution in [2.45, 2.75) is 17.9 Å². The van der Waals surface area contributed by atoms with Crippen LogP contribution < -0.4 is 4.72 Å². The van der Waals surface area contributed by atoms with Gasteiger partial charge in [-0.2, -0.15) is 5.26 Å². The molecule has 0 spiro atoms. The van der Waals surface area contributed by atoms with Crippen molar-refractivity contribution in [3.63, 3.8) is 0 Å². The second-order valence-electron chi connectivity index (χ2n) is 4.77. The van der Waals surface area contributed by atoms with Crippen LogP contribution in [0.4, 0.5) is 4.39 Å². The van der Waals surface area contributed by atoms with Crippen molar-refractivity contribution in [2.24, 2.45) is 0 Å². The molecule has 1 atom stereocenters. The molecule has 0 bridgehead atoms. The second-order valence-corrected chi connectivity index (χ2v) is 7.30. The number of sulfonamides is 1. The number of halogens is 3. The SMILES string of the molecule is C[C@H](NS(=O)(=O)c1ccc(C#N)cc1)c1cc(F)c(Cl)cc1Cl. The molecule has 0 aliphatic rings. The standard InChI is InChI=1S/C15H11Cl2FN2O2S/c1-9(12-6-15(18)14(17)7-13(12)16)20-23(21,22)11-4-2-10(8-19)3-5-11/h2-7,9,20H,1H3/t9-/m0/s1. The Morgan fingerprint density at radius 2 is 1.78 bits per heavy atom. The molecule has 0 heterocycles. The molecule has 0 aromatic heterocycles. The summed E-state index contributed by atoms with van der Waals surface area (Å²) in [5.74, 6) is -0.685. The van der Waals surface area contributed by atoms with Crippen LogP contribution in [0.1, 0.15) is 24.1 Å². The number of nitrogens with zero attached hydrogens (tertiary/aromatic N) is 1. The Bertz CT molecular complexity index is 878. The Morgan fingerprint density at radius 3 is 2.35 bits per heavy atom. The minimum absolute atomic E-state index is 0.00564. The lowest BCUT2D eigenvalue weighted by Crippen LogP contribution is -2.27. The first-order valence-corrected chi connectivity index (χ1v) is 8.65. The molecule has 2 rings (SSSR count). The largest absolute Gasteiger partial charge is 0.241 e. The number of rotatable bonds is 4. The summed E-state index contributed by atoms with van der Waals surface area (Å²) in [7, 11) is -3.85. The summed E-state index contributed by atoms with van der Waals surface area (Å²) < 4.78 is 40.6. The molecule has 23 heavy (non-hydrogen) atoms. The van der Waals surface area contributed by atoms with E-state index in [-0.39, 0.29) is 20.5 Å². The maximum absolute atomic E-state index is 13.6. The molecule has 4 nitrogen and oxygen atoms in total. The highest BCUT2D eigenvalue weighted by Gasteiger charge is 2.21. The number of hydrogen-bond acceptors (Lipinski definition) is 3. The smallest absolute Gasteiger partial charge is 0.207 e. The van der Waals surface area contributed by atoms with Crippen LogP contribution in [0, 0.1) is 17.1 Å². The van der Waals surface area contributed by atoms with Gasteiger partial charge in [0.1, 0.15) is 5.82 Å². The summed E-state index contributed by atoms with van der Waals surface area (Å²) in [5.41, 5.74) is 0.616. The molecule has 0 fully saturated rings. The van der Waals surface area contributed by atoms with Crippen molar-refractivity contribution in [3.05, 3.63) is 63.4 Å². The quantitative estimate of drug-likeness (QED) is 0.823. The minimum Gasteiger partial charge on any atom is -0.207 e. The van der Waals surface area contributed by atoms with Gasteiger partial charge >= 0.3 is 0 Å². The average molecular weight is 373 g/mol. The van der Waals surface area contributed by atoms with Crippen LogP contribution in [0.2, 0.25) is 10.0 Å². The van der Waals surface area contributed by atoms with Crippen LogP contribution in [0.5, 0.6) is 0 Å². The molecule has 1 N–H and O–H groups in total. The van der Waals surface area contributed by atoms with Crippen LogP contribution in [0.25, 0.3) is 0 Å². The van der Waals surface area contributed by atoms with E-state index in [1.807, 2.05) is 6.07 Å². The third-order valence-corrected chi connectivity index (χ3v) is 5.31. The lowest BCUT2D eigenvalue weighted by molar-refractivity contribution is 0.564. The van der Waals surface area contributed by atoms with Crippen LogP contribution in [0.15, 0.2) is 41.3 Å². The Morgan fingerprint density at radius 1 is 1.17 bits per heavy atom. The zero-order valence-corrected chi connectivity index (χ0v) is 14.2. The Kier molecular flexibility index (Phi) is 5.27. The van der Waals surface area contributed by atoms with Crippen molar-refractivity contribution in [2.75, 3.05) is 0 Å². The van der Waals surface area contributed by atoms with E-state index in [9.17, 15) is 12.8 Å². The van der Waals surface area contributed by atoms with Gasteiger partial charge in [-0.05, 0) is 48.9 Å². The van der Waals surface area contributed by atoms with Gasteiger partial charge in [0.25, 0.3) is 0 Å². The summed E-state index contributed by atoms with van der Waals surface area (Å²) in [6, 6.07) is 8.88. The molecule has 2 aromatic rings. The molecule has 120 valence electrons. The van der Waals surface area contributed by atoms with Crippen molar-refractivity contribution in [1.29, 1.82) is 5.26 Å². The van der Waals surface area contributed by atoms with E-state index in [0.29, 0.717) is 5.56 Å². The van der Waals surface area contributed by atoms with E-state index < -0.39 is 21.9 Å². The fraction of sp³-hybridized carbons (Fsp3) is 0.133. The van der Waals surface area contributed by atoms with E-state index in [1.54, 1.807) is 0 Å². The molecular formula is C15H11Cl2FN2O2S. The summed E-state index contributed by atoms with van der Waals surface area (Å²) >= 11 is 11.6. The predicted molar refractivity (Wildman–Crippen MR) is 86.3 cm³/mol. The number of nitriles is 1. The summed E-state index contributed by atoms with van der Waals surface area (Å²) in [6.45, 7) is 1.54. The van der Waals surface area contributed by atoms with Gasteiger partial charge in [-0.25, -0.2) is 17.5 Å². The molecule has 0 aliphatic carbocycles. The van der Waals surface area contributed by atoms with Gasteiger partial charge < -0.3 is 0 Å². The molecule has 0 saturated carbocycles. The molecule has 0 amide bonds. The first kappa shape index (κ1) is 17.7. The topological polar surface area (TPSA) is 70.0 Å².